The normalized spacial score (nSPS) is 11.1. The summed E-state index contributed by atoms with van der Waals surface area (Å²) in [5, 5.41) is 6.64. The molecule has 1 aromatic heterocycles. The zero-order chi connectivity index (χ0) is 20.3. The van der Waals surface area contributed by atoms with Crippen molar-refractivity contribution in [2.75, 3.05) is 14.2 Å². The predicted molar refractivity (Wildman–Crippen MR) is 108 cm³/mol. The van der Waals surface area contributed by atoms with E-state index in [1.54, 1.807) is 14.0 Å². The average molecular weight is 461 g/mol. The predicted octanol–water partition coefficient (Wildman–Crippen LogP) is 4.72. The molecular weight excluding hydrogens is 444 g/mol. The van der Waals surface area contributed by atoms with Gasteiger partial charge in [-0.3, -0.25) is 9.80 Å². The standard InChI is InChI=1S/C18H17BrClF2N3O2/c1-5-25-17(16-14(21)6-11(27-4)7-15(16)22)12(8-13(20)18(25)26)10(2)24(3)23-9-19/h6-9H,2,5H2,1,3-4H3/b23-9-. The van der Waals surface area contributed by atoms with Gasteiger partial charge in [0.05, 0.1) is 29.2 Å². The van der Waals surface area contributed by atoms with Crippen molar-refractivity contribution in [3.63, 3.8) is 0 Å². The first-order chi connectivity index (χ1) is 12.8. The fourth-order valence-corrected chi connectivity index (χ4v) is 3.11. The number of pyridine rings is 1. The molecule has 0 saturated heterocycles. The lowest BCUT2D eigenvalue weighted by molar-refractivity contribution is 0.407. The average Bonchev–Trinajstić information content (AvgIpc) is 2.63. The molecule has 144 valence electrons. The van der Waals surface area contributed by atoms with Gasteiger partial charge in [-0.25, -0.2) is 8.78 Å². The molecule has 0 bridgehead atoms. The summed E-state index contributed by atoms with van der Waals surface area (Å²) in [4.78, 5) is 12.5. The van der Waals surface area contributed by atoms with Gasteiger partial charge in [0.25, 0.3) is 5.56 Å². The molecule has 0 N–H and O–H groups in total. The summed E-state index contributed by atoms with van der Waals surface area (Å²) >= 11 is 9.12. The van der Waals surface area contributed by atoms with Crippen molar-refractivity contribution in [1.29, 1.82) is 0 Å². The second-order valence-electron chi connectivity index (χ2n) is 5.45. The summed E-state index contributed by atoms with van der Waals surface area (Å²) in [7, 11) is 2.90. The summed E-state index contributed by atoms with van der Waals surface area (Å²) in [6.45, 7) is 5.73. The third kappa shape index (κ3) is 4.06. The molecule has 0 radical (unpaired) electrons. The van der Waals surface area contributed by atoms with Crippen LogP contribution in [0, 0.1) is 11.6 Å². The molecule has 0 saturated carbocycles. The Hall–Kier alpha value is -2.19. The molecule has 5 nitrogen and oxygen atoms in total. The lowest BCUT2D eigenvalue weighted by Crippen LogP contribution is -2.24. The molecule has 1 aromatic carbocycles. The quantitative estimate of drug-likeness (QED) is 0.463. The molecule has 0 spiro atoms. The van der Waals surface area contributed by atoms with Crippen LogP contribution >= 0.6 is 27.5 Å². The van der Waals surface area contributed by atoms with Gasteiger partial charge in [-0.2, -0.15) is 5.10 Å². The van der Waals surface area contributed by atoms with Crippen molar-refractivity contribution in [2.24, 2.45) is 5.10 Å². The number of nitrogens with zero attached hydrogens (tertiary/aromatic N) is 3. The van der Waals surface area contributed by atoms with Gasteiger partial charge in [0.2, 0.25) is 0 Å². The number of hydrogen-bond acceptors (Lipinski definition) is 4. The summed E-state index contributed by atoms with van der Waals surface area (Å²) in [5.41, 5.74) is -0.360. The van der Waals surface area contributed by atoms with E-state index in [0.717, 1.165) is 12.1 Å². The monoisotopic (exact) mass is 459 g/mol. The maximum Gasteiger partial charge on any atom is 0.269 e. The number of ether oxygens (including phenoxy) is 1. The van der Waals surface area contributed by atoms with Crippen LogP contribution in [-0.4, -0.2) is 28.9 Å². The number of methoxy groups -OCH3 is 1. The van der Waals surface area contributed by atoms with Crippen molar-refractivity contribution in [3.05, 3.63) is 57.4 Å². The summed E-state index contributed by atoms with van der Waals surface area (Å²) in [5.74, 6) is -1.73. The van der Waals surface area contributed by atoms with Crippen LogP contribution < -0.4 is 10.3 Å². The minimum Gasteiger partial charge on any atom is -0.497 e. The first-order valence-electron chi connectivity index (χ1n) is 7.79. The lowest BCUT2D eigenvalue weighted by atomic mass is 10.0. The number of rotatable bonds is 6. The fourth-order valence-electron chi connectivity index (χ4n) is 2.63. The Kier molecular flexibility index (Phi) is 6.78. The Morgan fingerprint density at radius 2 is 2.00 bits per heavy atom. The molecule has 27 heavy (non-hydrogen) atoms. The van der Waals surface area contributed by atoms with Gasteiger partial charge < -0.3 is 9.30 Å². The summed E-state index contributed by atoms with van der Waals surface area (Å²) in [6.07, 6.45) is 0. The number of halogens is 4. The van der Waals surface area contributed by atoms with Crippen molar-refractivity contribution in [1.82, 2.24) is 9.58 Å². The first kappa shape index (κ1) is 21.1. The number of benzene rings is 1. The van der Waals surface area contributed by atoms with Crippen LogP contribution in [0.4, 0.5) is 8.78 Å². The molecule has 1 heterocycles. The number of hydrogen-bond donors (Lipinski definition) is 0. The second kappa shape index (κ2) is 8.67. The van der Waals surface area contributed by atoms with Gasteiger partial charge in [-0.1, -0.05) is 18.2 Å². The van der Waals surface area contributed by atoms with Gasteiger partial charge in [0, 0.05) is 31.3 Å². The molecule has 9 heteroatoms. The molecule has 0 unspecified atom stereocenters. The molecule has 0 aliphatic rings. The largest absolute Gasteiger partial charge is 0.497 e. The zero-order valence-corrected chi connectivity index (χ0v) is 17.2. The van der Waals surface area contributed by atoms with Crippen molar-refractivity contribution in [2.45, 2.75) is 13.5 Å². The Balaban J connectivity index is 2.92. The van der Waals surface area contributed by atoms with E-state index in [9.17, 15) is 13.6 Å². The minimum absolute atomic E-state index is 0.0196. The smallest absolute Gasteiger partial charge is 0.269 e. The first-order valence-corrected chi connectivity index (χ1v) is 9.08. The highest BCUT2D eigenvalue weighted by Gasteiger charge is 2.24. The van der Waals surface area contributed by atoms with Crippen molar-refractivity contribution in [3.8, 4) is 17.0 Å². The van der Waals surface area contributed by atoms with Crippen molar-refractivity contribution < 1.29 is 13.5 Å². The summed E-state index contributed by atoms with van der Waals surface area (Å²) in [6, 6.07) is 3.42. The molecule has 0 aliphatic carbocycles. The SMILES string of the molecule is C=C(c1cc(Cl)c(=O)n(CC)c1-c1c(F)cc(OC)cc1F)N(C)/N=C\Br. The number of aromatic nitrogens is 1. The Bertz CT molecular complexity index is 953. The van der Waals surface area contributed by atoms with E-state index >= 15 is 0 Å². The van der Waals surface area contributed by atoms with Gasteiger partial charge in [-0.15, -0.1) is 0 Å². The van der Waals surface area contributed by atoms with E-state index in [4.69, 9.17) is 16.3 Å². The van der Waals surface area contributed by atoms with E-state index in [0.29, 0.717) is 5.70 Å². The zero-order valence-electron chi connectivity index (χ0n) is 14.9. The Labute approximate surface area is 168 Å². The molecule has 0 fully saturated rings. The van der Waals surface area contributed by atoms with E-state index in [2.05, 4.69) is 27.6 Å². The van der Waals surface area contributed by atoms with Gasteiger partial charge >= 0.3 is 0 Å². The van der Waals surface area contributed by atoms with Gasteiger partial charge in [-0.05, 0) is 28.9 Å². The second-order valence-corrected chi connectivity index (χ2v) is 6.27. The topological polar surface area (TPSA) is 46.8 Å². The van der Waals surface area contributed by atoms with E-state index in [1.807, 2.05) is 0 Å². The van der Waals surface area contributed by atoms with Crippen LogP contribution in [0.1, 0.15) is 12.5 Å². The molecule has 0 amide bonds. The van der Waals surface area contributed by atoms with E-state index in [1.165, 1.54) is 27.9 Å². The maximum atomic E-state index is 14.8. The third-order valence-corrected chi connectivity index (χ3v) is 4.42. The molecular formula is C18H17BrClF2N3O2. The van der Waals surface area contributed by atoms with Crippen LogP contribution in [0.2, 0.25) is 5.02 Å². The van der Waals surface area contributed by atoms with Crippen LogP contribution in [0.3, 0.4) is 0 Å². The van der Waals surface area contributed by atoms with Crippen LogP contribution in [0.5, 0.6) is 5.75 Å². The highest BCUT2D eigenvalue weighted by atomic mass is 79.9. The van der Waals surface area contributed by atoms with E-state index in [-0.39, 0.29) is 34.1 Å². The Morgan fingerprint density at radius 1 is 1.41 bits per heavy atom. The van der Waals surface area contributed by atoms with Crippen LogP contribution in [0.25, 0.3) is 17.0 Å². The highest BCUT2D eigenvalue weighted by Crippen LogP contribution is 2.35. The van der Waals surface area contributed by atoms with E-state index < -0.39 is 17.2 Å². The molecule has 0 atom stereocenters. The molecule has 2 rings (SSSR count). The van der Waals surface area contributed by atoms with Crippen molar-refractivity contribution >= 4 is 38.4 Å². The van der Waals surface area contributed by atoms with Gasteiger partial charge in [0.15, 0.2) is 0 Å². The lowest BCUT2D eigenvalue weighted by Gasteiger charge is -2.22. The van der Waals surface area contributed by atoms with Crippen LogP contribution in [-0.2, 0) is 6.54 Å². The summed E-state index contributed by atoms with van der Waals surface area (Å²) < 4.78 is 35.6. The fraction of sp³-hybridized carbons (Fsp3) is 0.222. The van der Waals surface area contributed by atoms with Crippen LogP contribution in [0.15, 0.2) is 34.7 Å². The van der Waals surface area contributed by atoms with Gasteiger partial charge in [0.1, 0.15) is 22.4 Å². The maximum absolute atomic E-state index is 14.8. The highest BCUT2D eigenvalue weighted by molar-refractivity contribution is 9.17. The third-order valence-electron chi connectivity index (χ3n) is 3.97. The minimum atomic E-state index is -0.878. The molecule has 2 aromatic rings. The molecule has 0 aliphatic heterocycles. The number of hydrazone groups is 1. The Morgan fingerprint density at radius 3 is 2.48 bits per heavy atom.